The van der Waals surface area contributed by atoms with Gasteiger partial charge in [0.05, 0.1) is 17.1 Å². The lowest BCUT2D eigenvalue weighted by Gasteiger charge is -2.10. The van der Waals surface area contributed by atoms with E-state index in [2.05, 4.69) is 11.2 Å². The van der Waals surface area contributed by atoms with Crippen LogP contribution in [0.5, 0.6) is 5.75 Å². The van der Waals surface area contributed by atoms with Gasteiger partial charge in [-0.25, -0.2) is 4.68 Å². The number of ether oxygens (including phenoxy) is 1. The fourth-order valence-corrected chi connectivity index (χ4v) is 2.89. The molecule has 132 valence electrons. The monoisotopic (exact) mass is 367 g/mol. The summed E-state index contributed by atoms with van der Waals surface area (Å²) in [6.45, 7) is 2.12. The largest absolute Gasteiger partial charge is 0.487 e. The highest BCUT2D eigenvalue weighted by molar-refractivity contribution is 6.30. The smallest absolute Gasteiger partial charge is 0.132 e. The third-order valence-electron chi connectivity index (χ3n) is 4.02. The Morgan fingerprint density at radius 1 is 1.23 bits per heavy atom. The molecule has 3 aromatic rings. The van der Waals surface area contributed by atoms with Crippen LogP contribution >= 0.6 is 11.6 Å². The number of hydrogen-bond acceptors (Lipinski definition) is 4. The van der Waals surface area contributed by atoms with Gasteiger partial charge in [-0.3, -0.25) is 0 Å². The normalized spacial score (nSPS) is 10.5. The zero-order valence-corrected chi connectivity index (χ0v) is 15.1. The van der Waals surface area contributed by atoms with Crippen LogP contribution in [0.15, 0.2) is 48.5 Å². The van der Waals surface area contributed by atoms with E-state index in [0.29, 0.717) is 34.1 Å². The first-order valence-corrected chi connectivity index (χ1v) is 8.57. The maximum absolute atomic E-state index is 9.50. The molecule has 0 aliphatic rings. The van der Waals surface area contributed by atoms with Gasteiger partial charge in [0, 0.05) is 11.6 Å². The first-order valence-electron chi connectivity index (χ1n) is 8.19. The van der Waals surface area contributed by atoms with E-state index >= 15 is 0 Å². The number of rotatable bonds is 6. The number of aryl methyl sites for hydroxylation is 1. The van der Waals surface area contributed by atoms with E-state index < -0.39 is 0 Å². The van der Waals surface area contributed by atoms with E-state index in [-0.39, 0.29) is 13.2 Å². The molecule has 0 saturated heterocycles. The zero-order valence-electron chi connectivity index (χ0n) is 14.3. The van der Waals surface area contributed by atoms with Gasteiger partial charge in [0.1, 0.15) is 24.0 Å². The van der Waals surface area contributed by atoms with Crippen LogP contribution < -0.4 is 4.74 Å². The summed E-state index contributed by atoms with van der Waals surface area (Å²) in [6.07, 6.45) is 0.611. The van der Waals surface area contributed by atoms with Gasteiger partial charge in [-0.2, -0.15) is 10.4 Å². The maximum Gasteiger partial charge on any atom is 0.132 e. The predicted molar refractivity (Wildman–Crippen MR) is 99.6 cm³/mol. The first kappa shape index (κ1) is 18.0. The van der Waals surface area contributed by atoms with Gasteiger partial charge in [0.2, 0.25) is 0 Å². The Morgan fingerprint density at radius 2 is 2.00 bits per heavy atom. The summed E-state index contributed by atoms with van der Waals surface area (Å²) in [5.41, 5.74) is 3.63. The van der Waals surface area contributed by atoms with Crippen LogP contribution in [-0.4, -0.2) is 21.5 Å². The molecule has 2 aromatic carbocycles. The van der Waals surface area contributed by atoms with Crippen molar-refractivity contribution < 1.29 is 9.84 Å². The quantitative estimate of drug-likeness (QED) is 0.719. The molecule has 0 atom stereocenters. The molecular formula is C20H18ClN3O2. The van der Waals surface area contributed by atoms with Crippen LogP contribution in [0.3, 0.4) is 0 Å². The minimum absolute atomic E-state index is 0.115. The van der Waals surface area contributed by atoms with Crippen molar-refractivity contribution in [3.05, 3.63) is 76.1 Å². The van der Waals surface area contributed by atoms with Crippen molar-refractivity contribution in [3.63, 3.8) is 0 Å². The number of aromatic nitrogens is 2. The summed E-state index contributed by atoms with van der Waals surface area (Å²) >= 11 is 6.09. The molecule has 1 N–H and O–H groups in total. The van der Waals surface area contributed by atoms with Crippen molar-refractivity contribution in [2.45, 2.75) is 20.0 Å². The molecule has 0 saturated carbocycles. The number of hydrogen-bond donors (Lipinski definition) is 1. The number of halogens is 1. The summed E-state index contributed by atoms with van der Waals surface area (Å²) in [5.74, 6) is 0.687. The lowest BCUT2D eigenvalue weighted by Crippen LogP contribution is -2.07. The SMILES string of the molecule is Cc1nn(-c2cccc(Cl)c2)c(COc2ccc(CCO)cc2)c1C#N. The molecule has 6 heteroatoms. The summed E-state index contributed by atoms with van der Waals surface area (Å²) in [7, 11) is 0. The third-order valence-corrected chi connectivity index (χ3v) is 4.26. The Labute approximate surface area is 157 Å². The fraction of sp³-hybridized carbons (Fsp3) is 0.200. The standard InChI is InChI=1S/C20H18ClN3O2/c1-14-19(12-22)20(24(23-14)17-4-2-3-16(21)11-17)13-26-18-7-5-15(6-8-18)9-10-25/h2-8,11,25H,9-10,13H2,1H3. The predicted octanol–water partition coefficient (Wildman–Crippen LogP) is 3.82. The summed E-state index contributed by atoms with van der Waals surface area (Å²) in [6, 6.07) is 17.0. The number of aliphatic hydroxyl groups is 1. The molecule has 0 spiro atoms. The Kier molecular flexibility index (Phi) is 5.57. The van der Waals surface area contributed by atoms with Crippen LogP contribution in [0.25, 0.3) is 5.69 Å². The van der Waals surface area contributed by atoms with Crippen molar-refractivity contribution in [2.75, 3.05) is 6.61 Å². The second-order valence-corrected chi connectivity index (χ2v) is 6.25. The molecule has 26 heavy (non-hydrogen) atoms. The average Bonchev–Trinajstić information content (AvgIpc) is 2.97. The van der Waals surface area contributed by atoms with Crippen LogP contribution in [0.4, 0.5) is 0 Å². The van der Waals surface area contributed by atoms with Gasteiger partial charge < -0.3 is 9.84 Å². The molecule has 1 heterocycles. The average molecular weight is 368 g/mol. The van der Waals surface area contributed by atoms with Crippen molar-refractivity contribution in [3.8, 4) is 17.5 Å². The van der Waals surface area contributed by atoms with Crippen molar-refractivity contribution in [1.29, 1.82) is 5.26 Å². The highest BCUT2D eigenvalue weighted by Crippen LogP contribution is 2.22. The van der Waals surface area contributed by atoms with Gasteiger partial charge >= 0.3 is 0 Å². The Morgan fingerprint density at radius 3 is 2.65 bits per heavy atom. The summed E-state index contributed by atoms with van der Waals surface area (Å²) in [4.78, 5) is 0. The van der Waals surface area contributed by atoms with Gasteiger partial charge in [-0.1, -0.05) is 29.8 Å². The molecule has 0 bridgehead atoms. The van der Waals surface area contributed by atoms with E-state index in [4.69, 9.17) is 21.4 Å². The van der Waals surface area contributed by atoms with Gasteiger partial charge in [0.15, 0.2) is 0 Å². The zero-order chi connectivity index (χ0) is 18.5. The first-order chi connectivity index (χ1) is 12.6. The maximum atomic E-state index is 9.50. The van der Waals surface area contributed by atoms with E-state index in [1.807, 2.05) is 36.4 Å². The minimum Gasteiger partial charge on any atom is -0.487 e. The molecule has 0 radical (unpaired) electrons. The molecule has 0 aliphatic carbocycles. The lowest BCUT2D eigenvalue weighted by molar-refractivity contribution is 0.295. The third kappa shape index (κ3) is 3.88. The van der Waals surface area contributed by atoms with E-state index in [0.717, 1.165) is 11.3 Å². The van der Waals surface area contributed by atoms with Gasteiger partial charge in [-0.05, 0) is 49.2 Å². The number of aliphatic hydroxyl groups excluding tert-OH is 1. The second kappa shape index (κ2) is 8.05. The Bertz CT molecular complexity index is 943. The number of nitrogens with zero attached hydrogens (tertiary/aromatic N) is 3. The number of nitriles is 1. The van der Waals surface area contributed by atoms with E-state index in [1.165, 1.54) is 0 Å². The minimum atomic E-state index is 0.115. The lowest BCUT2D eigenvalue weighted by atomic mass is 10.1. The molecule has 5 nitrogen and oxygen atoms in total. The molecule has 0 fully saturated rings. The summed E-state index contributed by atoms with van der Waals surface area (Å²) in [5, 5.41) is 23.5. The number of benzene rings is 2. The molecule has 0 amide bonds. The van der Waals surface area contributed by atoms with Crippen LogP contribution in [0, 0.1) is 18.3 Å². The topological polar surface area (TPSA) is 71.1 Å². The molecule has 0 unspecified atom stereocenters. The second-order valence-electron chi connectivity index (χ2n) is 5.82. The fourth-order valence-electron chi connectivity index (χ4n) is 2.71. The molecule has 1 aromatic heterocycles. The van der Waals surface area contributed by atoms with Gasteiger partial charge in [-0.15, -0.1) is 0 Å². The molecule has 3 rings (SSSR count). The van der Waals surface area contributed by atoms with E-state index in [9.17, 15) is 5.26 Å². The summed E-state index contributed by atoms with van der Waals surface area (Å²) < 4.78 is 7.56. The van der Waals surface area contributed by atoms with Crippen molar-refractivity contribution in [1.82, 2.24) is 9.78 Å². The Balaban J connectivity index is 1.88. The van der Waals surface area contributed by atoms with Crippen molar-refractivity contribution >= 4 is 11.6 Å². The van der Waals surface area contributed by atoms with Crippen LogP contribution in [0.2, 0.25) is 5.02 Å². The highest BCUT2D eigenvalue weighted by Gasteiger charge is 2.17. The molecule has 0 aliphatic heterocycles. The Hall–Kier alpha value is -2.81. The van der Waals surface area contributed by atoms with Gasteiger partial charge in [0.25, 0.3) is 0 Å². The highest BCUT2D eigenvalue weighted by atomic mass is 35.5. The van der Waals surface area contributed by atoms with Crippen molar-refractivity contribution in [2.24, 2.45) is 0 Å². The van der Waals surface area contributed by atoms with Crippen LogP contribution in [0.1, 0.15) is 22.5 Å². The van der Waals surface area contributed by atoms with E-state index in [1.54, 1.807) is 23.7 Å². The molecular weight excluding hydrogens is 350 g/mol. The van der Waals surface area contributed by atoms with Crippen LogP contribution in [-0.2, 0) is 13.0 Å².